The van der Waals surface area contributed by atoms with Gasteiger partial charge in [-0.2, -0.15) is 0 Å². The zero-order valence-corrected chi connectivity index (χ0v) is 18.7. The van der Waals surface area contributed by atoms with E-state index in [4.69, 9.17) is 11.6 Å². The number of amides is 1. The first-order valence-corrected chi connectivity index (χ1v) is 11.2. The van der Waals surface area contributed by atoms with E-state index in [2.05, 4.69) is 26.2 Å². The Labute approximate surface area is 190 Å². The van der Waals surface area contributed by atoms with Crippen molar-refractivity contribution in [1.82, 2.24) is 4.98 Å². The summed E-state index contributed by atoms with van der Waals surface area (Å²) in [5, 5.41) is 6.25. The second-order valence-corrected chi connectivity index (χ2v) is 9.07. The van der Waals surface area contributed by atoms with Crippen LogP contribution in [0.3, 0.4) is 0 Å². The highest BCUT2D eigenvalue weighted by Gasteiger charge is 2.14. The minimum atomic E-state index is -0.178. The minimum Gasteiger partial charge on any atom is -0.322 e. The average Bonchev–Trinajstić information content (AvgIpc) is 3.17. The molecule has 4 aromatic carbocycles. The Hall–Kier alpha value is -2.73. The highest BCUT2D eigenvalue weighted by Crippen LogP contribution is 2.36. The fourth-order valence-electron chi connectivity index (χ4n) is 3.42. The SMILES string of the molecule is O=C(Nc1ccc(-c2nc3ccccc3s2)c(Cl)c1)c1cccc2c(Br)cccc12. The fraction of sp³-hybridized carbons (Fsp3) is 0. The Kier molecular flexibility index (Phi) is 5.03. The number of carbonyl (C=O) groups excluding carboxylic acids is 1. The molecule has 0 saturated heterocycles. The maximum absolute atomic E-state index is 12.9. The van der Waals surface area contributed by atoms with Crippen molar-refractivity contribution in [2.75, 3.05) is 5.32 Å². The lowest BCUT2D eigenvalue weighted by Gasteiger charge is -2.10. The van der Waals surface area contributed by atoms with Crippen molar-refractivity contribution in [3.8, 4) is 10.6 Å². The van der Waals surface area contributed by atoms with Crippen LogP contribution in [0.4, 0.5) is 5.69 Å². The number of anilines is 1. The van der Waals surface area contributed by atoms with Crippen LogP contribution in [0.5, 0.6) is 0 Å². The molecule has 0 bridgehead atoms. The molecule has 0 spiro atoms. The predicted molar refractivity (Wildman–Crippen MR) is 130 cm³/mol. The topological polar surface area (TPSA) is 42.0 Å². The van der Waals surface area contributed by atoms with Gasteiger partial charge in [0.2, 0.25) is 0 Å². The van der Waals surface area contributed by atoms with Crippen molar-refractivity contribution in [3.05, 3.63) is 93.9 Å². The number of aromatic nitrogens is 1. The molecule has 1 N–H and O–H groups in total. The maximum atomic E-state index is 12.9. The number of para-hydroxylation sites is 1. The smallest absolute Gasteiger partial charge is 0.256 e. The number of thiazole rings is 1. The third kappa shape index (κ3) is 3.49. The summed E-state index contributed by atoms with van der Waals surface area (Å²) < 4.78 is 2.07. The number of benzene rings is 4. The van der Waals surface area contributed by atoms with Gasteiger partial charge in [-0.25, -0.2) is 4.98 Å². The number of carbonyl (C=O) groups is 1. The van der Waals surface area contributed by atoms with Gasteiger partial charge in [0.15, 0.2) is 0 Å². The summed E-state index contributed by atoms with van der Waals surface area (Å²) in [5.74, 6) is -0.178. The van der Waals surface area contributed by atoms with Crippen molar-refractivity contribution in [3.63, 3.8) is 0 Å². The Morgan fingerprint density at radius 2 is 1.73 bits per heavy atom. The van der Waals surface area contributed by atoms with Gasteiger partial charge in [-0.15, -0.1) is 11.3 Å². The first-order chi connectivity index (χ1) is 14.6. The van der Waals surface area contributed by atoms with Crippen LogP contribution < -0.4 is 5.32 Å². The molecule has 0 fully saturated rings. The van der Waals surface area contributed by atoms with Gasteiger partial charge < -0.3 is 5.32 Å². The first kappa shape index (κ1) is 19.2. The molecule has 5 rings (SSSR count). The average molecular weight is 494 g/mol. The quantitative estimate of drug-likeness (QED) is 0.279. The monoisotopic (exact) mass is 492 g/mol. The fourth-order valence-corrected chi connectivity index (χ4v) is 5.25. The van der Waals surface area contributed by atoms with Gasteiger partial charge in [0.25, 0.3) is 5.91 Å². The van der Waals surface area contributed by atoms with Crippen LogP contribution in [0.2, 0.25) is 5.02 Å². The van der Waals surface area contributed by atoms with Gasteiger partial charge >= 0.3 is 0 Å². The lowest BCUT2D eigenvalue weighted by Crippen LogP contribution is -2.12. The zero-order chi connectivity index (χ0) is 20.7. The van der Waals surface area contributed by atoms with Crippen molar-refractivity contribution in [2.24, 2.45) is 0 Å². The highest BCUT2D eigenvalue weighted by atomic mass is 79.9. The predicted octanol–water partition coefficient (Wildman–Crippen LogP) is 7.78. The Balaban J connectivity index is 1.45. The number of halogens is 2. The summed E-state index contributed by atoms with van der Waals surface area (Å²) >= 11 is 11.7. The Morgan fingerprint density at radius 1 is 0.933 bits per heavy atom. The standard InChI is InChI=1S/C24H14BrClN2OS/c25-19-8-4-5-15-16(19)6-3-7-17(15)23(29)27-14-11-12-18(20(26)13-14)24-28-21-9-1-2-10-22(21)30-24/h1-13H,(H,27,29). The molecule has 146 valence electrons. The number of rotatable bonds is 3. The van der Waals surface area contributed by atoms with E-state index in [1.165, 1.54) is 0 Å². The lowest BCUT2D eigenvalue weighted by atomic mass is 10.0. The molecule has 0 aliphatic carbocycles. The molecule has 1 heterocycles. The van der Waals surface area contributed by atoms with Crippen LogP contribution in [-0.4, -0.2) is 10.9 Å². The van der Waals surface area contributed by atoms with Gasteiger partial charge in [-0.1, -0.05) is 63.9 Å². The molecule has 5 aromatic rings. The molecule has 1 amide bonds. The van der Waals surface area contributed by atoms with Crippen LogP contribution in [0.25, 0.3) is 31.6 Å². The summed E-state index contributed by atoms with van der Waals surface area (Å²) in [4.78, 5) is 17.6. The summed E-state index contributed by atoms with van der Waals surface area (Å²) in [6, 6.07) is 25.0. The second-order valence-electron chi connectivity index (χ2n) is 6.78. The van der Waals surface area contributed by atoms with Gasteiger partial charge in [-0.05, 0) is 53.2 Å². The molecular weight excluding hydrogens is 480 g/mol. The van der Waals surface area contributed by atoms with Gasteiger partial charge in [0, 0.05) is 21.3 Å². The lowest BCUT2D eigenvalue weighted by molar-refractivity contribution is 0.102. The van der Waals surface area contributed by atoms with E-state index in [1.807, 2.05) is 72.8 Å². The number of hydrogen-bond acceptors (Lipinski definition) is 3. The summed E-state index contributed by atoms with van der Waals surface area (Å²) in [6.07, 6.45) is 0. The largest absolute Gasteiger partial charge is 0.322 e. The molecule has 30 heavy (non-hydrogen) atoms. The normalized spacial score (nSPS) is 11.1. The molecule has 0 saturated carbocycles. The van der Waals surface area contributed by atoms with E-state index in [0.29, 0.717) is 16.3 Å². The van der Waals surface area contributed by atoms with Crippen LogP contribution in [0, 0.1) is 0 Å². The van der Waals surface area contributed by atoms with Crippen molar-refractivity contribution >= 4 is 71.5 Å². The second kappa shape index (κ2) is 7.84. The molecule has 0 atom stereocenters. The van der Waals surface area contributed by atoms with E-state index >= 15 is 0 Å². The van der Waals surface area contributed by atoms with E-state index in [1.54, 1.807) is 17.4 Å². The van der Waals surface area contributed by atoms with Crippen molar-refractivity contribution in [2.45, 2.75) is 0 Å². The van der Waals surface area contributed by atoms with Gasteiger partial charge in [0.1, 0.15) is 5.01 Å². The molecule has 0 unspecified atom stereocenters. The van der Waals surface area contributed by atoms with Crippen LogP contribution in [0.1, 0.15) is 10.4 Å². The van der Waals surface area contributed by atoms with Crippen LogP contribution in [-0.2, 0) is 0 Å². The first-order valence-electron chi connectivity index (χ1n) is 9.24. The third-order valence-corrected chi connectivity index (χ3v) is 6.94. The maximum Gasteiger partial charge on any atom is 0.256 e. The molecule has 0 radical (unpaired) electrons. The molecule has 6 heteroatoms. The van der Waals surface area contributed by atoms with Crippen molar-refractivity contribution < 1.29 is 4.79 Å². The van der Waals surface area contributed by atoms with Crippen LogP contribution in [0.15, 0.2) is 83.3 Å². The summed E-state index contributed by atoms with van der Waals surface area (Å²) in [5.41, 5.74) is 3.06. The molecule has 1 aromatic heterocycles. The molecule has 3 nitrogen and oxygen atoms in total. The van der Waals surface area contributed by atoms with E-state index < -0.39 is 0 Å². The molecular formula is C24H14BrClN2OS. The third-order valence-electron chi connectivity index (χ3n) is 4.86. The Bertz CT molecular complexity index is 1400. The Morgan fingerprint density at radius 3 is 2.57 bits per heavy atom. The van der Waals surface area contributed by atoms with E-state index in [9.17, 15) is 4.79 Å². The number of hydrogen-bond donors (Lipinski definition) is 1. The molecule has 0 aliphatic rings. The number of nitrogens with zero attached hydrogens (tertiary/aromatic N) is 1. The highest BCUT2D eigenvalue weighted by molar-refractivity contribution is 9.10. The summed E-state index contributed by atoms with van der Waals surface area (Å²) in [6.45, 7) is 0. The van der Waals surface area contributed by atoms with Crippen molar-refractivity contribution in [1.29, 1.82) is 0 Å². The van der Waals surface area contributed by atoms with E-state index in [-0.39, 0.29) is 5.91 Å². The van der Waals surface area contributed by atoms with Gasteiger partial charge in [0.05, 0.1) is 15.2 Å². The van der Waals surface area contributed by atoms with Gasteiger partial charge in [-0.3, -0.25) is 4.79 Å². The number of fused-ring (bicyclic) bond motifs is 2. The van der Waals surface area contributed by atoms with Crippen LogP contribution >= 0.6 is 38.9 Å². The zero-order valence-electron chi connectivity index (χ0n) is 15.5. The summed E-state index contributed by atoms with van der Waals surface area (Å²) in [7, 11) is 0. The number of nitrogens with one attached hydrogen (secondary N) is 1. The minimum absolute atomic E-state index is 0.178. The van der Waals surface area contributed by atoms with E-state index in [0.717, 1.165) is 36.0 Å². The molecule has 0 aliphatic heterocycles.